The number of nitrogens with one attached hydrogen (secondary N) is 2. The molecule has 1 heterocycles. The van der Waals surface area contributed by atoms with Gasteiger partial charge in [0.05, 0.1) is 5.25 Å². The number of ether oxygens (including phenoxy) is 1. The molecule has 3 amide bonds. The highest BCUT2D eigenvalue weighted by molar-refractivity contribution is 7.91. The summed E-state index contributed by atoms with van der Waals surface area (Å²) in [5, 5.41) is 2.16. The van der Waals surface area contributed by atoms with Gasteiger partial charge in [-0.2, -0.15) is 0 Å². The van der Waals surface area contributed by atoms with E-state index in [1.54, 1.807) is 20.8 Å². The molecule has 0 bridgehead atoms. The SMILES string of the molecule is C=CC1CC1(NC(=O)C1CCCN1C(=O)OC(C)(C)C)C(=O)NS(=O)(=O)C1CC1. The number of sulfonamides is 1. The smallest absolute Gasteiger partial charge is 0.410 e. The number of likely N-dealkylation sites (tertiary alicyclic amines) is 1. The maximum Gasteiger partial charge on any atom is 0.410 e. The normalized spacial score (nSPS) is 29.1. The second-order valence-corrected chi connectivity index (χ2v) is 11.0. The van der Waals surface area contributed by atoms with Gasteiger partial charge in [0.25, 0.3) is 5.91 Å². The summed E-state index contributed by atoms with van der Waals surface area (Å²) < 4.78 is 31.8. The Kier molecular flexibility index (Phi) is 5.44. The topological polar surface area (TPSA) is 122 Å². The molecule has 2 aliphatic carbocycles. The largest absolute Gasteiger partial charge is 0.444 e. The van der Waals surface area contributed by atoms with Crippen LogP contribution in [0, 0.1) is 5.92 Å². The van der Waals surface area contributed by atoms with Crippen molar-refractivity contribution in [3.63, 3.8) is 0 Å². The van der Waals surface area contributed by atoms with Gasteiger partial charge >= 0.3 is 6.09 Å². The van der Waals surface area contributed by atoms with Gasteiger partial charge in [0.15, 0.2) is 0 Å². The summed E-state index contributed by atoms with van der Waals surface area (Å²) in [6.07, 6.45) is 3.36. The van der Waals surface area contributed by atoms with Crippen molar-refractivity contribution in [3.8, 4) is 0 Å². The van der Waals surface area contributed by atoms with Gasteiger partial charge in [-0.15, -0.1) is 6.58 Å². The average molecular weight is 428 g/mol. The fraction of sp³-hybridized carbons (Fsp3) is 0.737. The van der Waals surface area contributed by atoms with Crippen LogP contribution in [0.1, 0.15) is 52.9 Å². The molecule has 3 rings (SSSR count). The number of nitrogens with zero attached hydrogens (tertiary/aromatic N) is 1. The third kappa shape index (κ3) is 4.57. The Hall–Kier alpha value is -2.10. The number of carbonyl (C=O) groups is 3. The van der Waals surface area contributed by atoms with E-state index >= 15 is 0 Å². The van der Waals surface area contributed by atoms with Crippen LogP contribution in [0.5, 0.6) is 0 Å². The van der Waals surface area contributed by atoms with Gasteiger partial charge in [0, 0.05) is 12.5 Å². The van der Waals surface area contributed by atoms with Crippen LogP contribution in [-0.4, -0.2) is 60.2 Å². The van der Waals surface area contributed by atoms with Crippen molar-refractivity contribution in [1.82, 2.24) is 14.9 Å². The molecule has 10 heteroatoms. The Morgan fingerprint density at radius 3 is 2.38 bits per heavy atom. The van der Waals surface area contributed by atoms with E-state index in [0.29, 0.717) is 32.2 Å². The van der Waals surface area contributed by atoms with E-state index in [1.165, 1.54) is 11.0 Å². The maximum absolute atomic E-state index is 12.9. The first kappa shape index (κ1) is 21.6. The van der Waals surface area contributed by atoms with Crippen molar-refractivity contribution in [3.05, 3.63) is 12.7 Å². The van der Waals surface area contributed by atoms with Crippen LogP contribution < -0.4 is 10.0 Å². The molecule has 0 aromatic heterocycles. The van der Waals surface area contributed by atoms with Gasteiger partial charge in [-0.25, -0.2) is 13.2 Å². The number of amides is 3. The van der Waals surface area contributed by atoms with Crippen LogP contribution in [0.2, 0.25) is 0 Å². The monoisotopic (exact) mass is 427 g/mol. The Balaban J connectivity index is 1.70. The Bertz CT molecular complexity index is 829. The maximum atomic E-state index is 12.9. The lowest BCUT2D eigenvalue weighted by Gasteiger charge is -2.29. The van der Waals surface area contributed by atoms with Crippen molar-refractivity contribution < 1.29 is 27.5 Å². The fourth-order valence-corrected chi connectivity index (χ4v) is 4.96. The predicted molar refractivity (Wildman–Crippen MR) is 105 cm³/mol. The third-order valence-corrected chi connectivity index (χ3v) is 7.25. The molecule has 0 aromatic rings. The molecule has 3 fully saturated rings. The fourth-order valence-electron chi connectivity index (χ4n) is 3.60. The third-order valence-electron chi connectivity index (χ3n) is 5.43. The van der Waals surface area contributed by atoms with E-state index in [2.05, 4.69) is 16.6 Å². The summed E-state index contributed by atoms with van der Waals surface area (Å²) in [7, 11) is -3.73. The van der Waals surface area contributed by atoms with Crippen LogP contribution in [0.4, 0.5) is 4.79 Å². The van der Waals surface area contributed by atoms with Crippen molar-refractivity contribution in [2.45, 2.75) is 75.3 Å². The van der Waals surface area contributed by atoms with Crippen LogP contribution in [-0.2, 0) is 24.3 Å². The van der Waals surface area contributed by atoms with Crippen molar-refractivity contribution in [2.75, 3.05) is 6.54 Å². The van der Waals surface area contributed by atoms with Crippen LogP contribution in [0.25, 0.3) is 0 Å². The summed E-state index contributed by atoms with van der Waals surface area (Å²) >= 11 is 0. The van der Waals surface area contributed by atoms with Crippen molar-refractivity contribution >= 4 is 27.9 Å². The minimum atomic E-state index is -3.73. The molecule has 0 aromatic carbocycles. The average Bonchev–Trinajstić information content (AvgIpc) is 3.50. The summed E-state index contributed by atoms with van der Waals surface area (Å²) in [4.78, 5) is 39.5. The first-order chi connectivity index (χ1) is 13.4. The van der Waals surface area contributed by atoms with Gasteiger partial charge in [-0.1, -0.05) is 6.08 Å². The molecule has 1 saturated heterocycles. The molecule has 3 aliphatic rings. The summed E-state index contributed by atoms with van der Waals surface area (Å²) in [5.74, 6) is -1.60. The van der Waals surface area contributed by atoms with Crippen LogP contribution >= 0.6 is 0 Å². The van der Waals surface area contributed by atoms with Gasteiger partial charge in [0.1, 0.15) is 17.2 Å². The summed E-state index contributed by atoms with van der Waals surface area (Å²) in [6, 6.07) is -0.763. The lowest BCUT2D eigenvalue weighted by molar-refractivity contribution is -0.131. The first-order valence-electron chi connectivity index (χ1n) is 9.90. The van der Waals surface area contributed by atoms with Gasteiger partial charge in [0.2, 0.25) is 15.9 Å². The highest BCUT2D eigenvalue weighted by Gasteiger charge is 2.61. The number of hydrogen-bond acceptors (Lipinski definition) is 6. The molecule has 29 heavy (non-hydrogen) atoms. The quantitative estimate of drug-likeness (QED) is 0.611. The van der Waals surface area contributed by atoms with E-state index in [4.69, 9.17) is 4.74 Å². The molecular weight excluding hydrogens is 398 g/mol. The van der Waals surface area contributed by atoms with E-state index < -0.39 is 50.4 Å². The lowest BCUT2D eigenvalue weighted by Crippen LogP contribution is -2.56. The molecule has 3 atom stereocenters. The van der Waals surface area contributed by atoms with Gasteiger partial charge in [-0.3, -0.25) is 19.2 Å². The van der Waals surface area contributed by atoms with E-state index in [0.717, 1.165) is 0 Å². The van der Waals surface area contributed by atoms with E-state index in [-0.39, 0.29) is 12.3 Å². The molecule has 0 radical (unpaired) electrons. The minimum absolute atomic E-state index is 0.271. The summed E-state index contributed by atoms with van der Waals surface area (Å²) in [5.41, 5.74) is -2.04. The Labute approximate surface area is 171 Å². The molecule has 9 nitrogen and oxygen atoms in total. The first-order valence-corrected chi connectivity index (χ1v) is 11.4. The second kappa shape index (κ2) is 7.30. The molecular formula is C19H29N3O6S. The zero-order chi connectivity index (χ0) is 21.6. The zero-order valence-electron chi connectivity index (χ0n) is 17.1. The molecule has 2 N–H and O–H groups in total. The molecule has 0 spiro atoms. The Morgan fingerprint density at radius 1 is 1.21 bits per heavy atom. The second-order valence-electron chi connectivity index (χ2n) is 9.01. The standard InChI is InChI=1S/C19H29N3O6S/c1-5-12-11-19(12,16(24)21-29(26,27)13-8-9-13)20-15(23)14-7-6-10-22(14)17(25)28-18(2,3)4/h5,12-14H,1,6-11H2,2-4H3,(H,20,23)(H,21,24). The molecule has 3 unspecified atom stereocenters. The van der Waals surface area contributed by atoms with E-state index in [1.807, 2.05) is 0 Å². The molecule has 1 aliphatic heterocycles. The van der Waals surface area contributed by atoms with Crippen LogP contribution in [0.15, 0.2) is 12.7 Å². The highest BCUT2D eigenvalue weighted by Crippen LogP contribution is 2.45. The van der Waals surface area contributed by atoms with Crippen LogP contribution in [0.3, 0.4) is 0 Å². The number of carbonyl (C=O) groups excluding carboxylic acids is 3. The van der Waals surface area contributed by atoms with Gasteiger partial charge < -0.3 is 10.1 Å². The van der Waals surface area contributed by atoms with E-state index in [9.17, 15) is 22.8 Å². The number of hydrogen-bond donors (Lipinski definition) is 2. The minimum Gasteiger partial charge on any atom is -0.444 e. The molecule has 2 saturated carbocycles. The highest BCUT2D eigenvalue weighted by atomic mass is 32.2. The van der Waals surface area contributed by atoms with Crippen molar-refractivity contribution in [2.24, 2.45) is 5.92 Å². The van der Waals surface area contributed by atoms with Gasteiger partial charge in [-0.05, 0) is 52.9 Å². The zero-order valence-corrected chi connectivity index (χ0v) is 17.9. The predicted octanol–water partition coefficient (Wildman–Crippen LogP) is 1.06. The van der Waals surface area contributed by atoms with Crippen molar-refractivity contribution in [1.29, 1.82) is 0 Å². The molecule has 162 valence electrons. The Morgan fingerprint density at radius 2 is 1.86 bits per heavy atom. The summed E-state index contributed by atoms with van der Waals surface area (Å²) in [6.45, 7) is 9.28. The lowest BCUT2D eigenvalue weighted by atomic mass is 10.1. The number of rotatable bonds is 6.